The van der Waals surface area contributed by atoms with Crippen molar-refractivity contribution in [2.45, 2.75) is 39.8 Å². The molecule has 0 radical (unpaired) electrons. The van der Waals surface area contributed by atoms with Crippen LogP contribution in [-0.2, 0) is 13.2 Å². The molecule has 6 heteroatoms. The van der Waals surface area contributed by atoms with E-state index in [1.165, 1.54) is 12.1 Å². The van der Waals surface area contributed by atoms with Gasteiger partial charge in [-0.25, -0.2) is 4.39 Å². The van der Waals surface area contributed by atoms with Crippen LogP contribution in [0.25, 0.3) is 0 Å². The molecule has 0 bridgehead atoms. The van der Waals surface area contributed by atoms with Crippen LogP contribution in [-0.4, -0.2) is 41.9 Å². The Bertz CT molecular complexity index is 1080. The molecule has 1 amide bonds. The van der Waals surface area contributed by atoms with Gasteiger partial charge in [-0.2, -0.15) is 0 Å². The lowest BCUT2D eigenvalue weighted by Gasteiger charge is -2.34. The van der Waals surface area contributed by atoms with Crippen LogP contribution in [0, 0.1) is 12.7 Å². The molecule has 0 atom stereocenters. The second kappa shape index (κ2) is 10.2. The molecular weight excluding hydrogens is 419 g/mol. The van der Waals surface area contributed by atoms with Gasteiger partial charge in [0, 0.05) is 32.7 Å². The van der Waals surface area contributed by atoms with Crippen molar-refractivity contribution < 1.29 is 18.3 Å². The van der Waals surface area contributed by atoms with Gasteiger partial charge in [0.15, 0.2) is 5.76 Å². The summed E-state index contributed by atoms with van der Waals surface area (Å²) in [6, 6.07) is 16.3. The zero-order valence-corrected chi connectivity index (χ0v) is 19.5. The van der Waals surface area contributed by atoms with Crippen LogP contribution in [0.15, 0.2) is 59.0 Å². The van der Waals surface area contributed by atoms with Crippen LogP contribution >= 0.6 is 0 Å². The van der Waals surface area contributed by atoms with E-state index < -0.39 is 0 Å². The molecule has 33 heavy (non-hydrogen) atoms. The molecule has 1 aliphatic rings. The quantitative estimate of drug-likeness (QED) is 0.484. The Morgan fingerprint density at radius 2 is 1.76 bits per heavy atom. The van der Waals surface area contributed by atoms with Crippen LogP contribution in [0.3, 0.4) is 0 Å². The number of carbonyl (C=O) groups is 1. The number of rotatable bonds is 7. The van der Waals surface area contributed by atoms with E-state index in [4.69, 9.17) is 9.15 Å². The summed E-state index contributed by atoms with van der Waals surface area (Å²) in [6.07, 6.45) is 0. The van der Waals surface area contributed by atoms with Crippen molar-refractivity contribution in [1.29, 1.82) is 0 Å². The van der Waals surface area contributed by atoms with Crippen molar-refractivity contribution >= 4 is 5.91 Å². The minimum atomic E-state index is -0.225. The molecule has 0 aliphatic carbocycles. The van der Waals surface area contributed by atoms with Crippen molar-refractivity contribution in [3.63, 3.8) is 0 Å². The van der Waals surface area contributed by atoms with E-state index in [0.717, 1.165) is 42.1 Å². The van der Waals surface area contributed by atoms with E-state index in [2.05, 4.69) is 30.9 Å². The summed E-state index contributed by atoms with van der Waals surface area (Å²) in [7, 11) is 0. The predicted molar refractivity (Wildman–Crippen MR) is 126 cm³/mol. The predicted octanol–water partition coefficient (Wildman–Crippen LogP) is 5.39. The molecule has 5 nitrogen and oxygen atoms in total. The van der Waals surface area contributed by atoms with Crippen LogP contribution in [0.5, 0.6) is 5.75 Å². The van der Waals surface area contributed by atoms with Gasteiger partial charge in [-0.1, -0.05) is 38.1 Å². The molecular formula is C27H31FN2O3. The van der Waals surface area contributed by atoms with Crippen molar-refractivity contribution in [3.8, 4) is 5.75 Å². The molecule has 1 fully saturated rings. The number of aryl methyl sites for hydroxylation is 1. The minimum Gasteiger partial charge on any atom is -0.485 e. The molecule has 0 unspecified atom stereocenters. The summed E-state index contributed by atoms with van der Waals surface area (Å²) in [5, 5.41) is 0. The van der Waals surface area contributed by atoms with Crippen LogP contribution < -0.4 is 4.74 Å². The highest BCUT2D eigenvalue weighted by Gasteiger charge is 2.24. The topological polar surface area (TPSA) is 45.9 Å². The van der Waals surface area contributed by atoms with Crippen molar-refractivity contribution in [3.05, 3.63) is 88.6 Å². The summed E-state index contributed by atoms with van der Waals surface area (Å²) in [5.74, 6) is 1.86. The molecule has 174 valence electrons. The van der Waals surface area contributed by atoms with E-state index in [1.54, 1.807) is 18.2 Å². The van der Waals surface area contributed by atoms with Gasteiger partial charge in [-0.05, 0) is 59.9 Å². The SMILES string of the molecule is Cc1ccc(C(C)C)c(OCc2ccc(C(=O)N3CCN(Cc4ccc(F)cc4)CC3)o2)c1. The summed E-state index contributed by atoms with van der Waals surface area (Å²) < 4.78 is 24.9. The maximum Gasteiger partial charge on any atom is 0.289 e. The Kier molecular flexibility index (Phi) is 7.14. The maximum atomic E-state index is 13.1. The molecule has 3 aromatic rings. The highest BCUT2D eigenvalue weighted by atomic mass is 19.1. The monoisotopic (exact) mass is 450 g/mol. The standard InChI is InChI=1S/C27H31FN2O3/c1-19(2)24-10-4-20(3)16-26(24)32-18-23-9-11-25(33-23)27(31)30-14-12-29(13-15-30)17-21-5-7-22(28)8-6-21/h4-11,16,19H,12-15,17-18H2,1-3H3. The Balaban J connectivity index is 1.30. The van der Waals surface area contributed by atoms with E-state index in [0.29, 0.717) is 30.5 Å². The highest BCUT2D eigenvalue weighted by molar-refractivity contribution is 5.91. The van der Waals surface area contributed by atoms with Crippen molar-refractivity contribution in [1.82, 2.24) is 9.80 Å². The molecule has 2 heterocycles. The first-order valence-corrected chi connectivity index (χ1v) is 11.5. The number of furan rings is 1. The van der Waals surface area contributed by atoms with E-state index in [-0.39, 0.29) is 18.3 Å². The molecule has 1 aliphatic heterocycles. The normalized spacial score (nSPS) is 14.6. The van der Waals surface area contributed by atoms with Gasteiger partial charge < -0.3 is 14.1 Å². The number of hydrogen-bond acceptors (Lipinski definition) is 4. The molecule has 0 saturated carbocycles. The fourth-order valence-corrected chi connectivity index (χ4v) is 4.08. The number of piperazine rings is 1. The largest absolute Gasteiger partial charge is 0.485 e. The molecule has 1 saturated heterocycles. The smallest absolute Gasteiger partial charge is 0.289 e. The summed E-state index contributed by atoms with van der Waals surface area (Å²) in [4.78, 5) is 17.0. The number of nitrogens with zero attached hydrogens (tertiary/aromatic N) is 2. The van der Waals surface area contributed by atoms with Crippen LogP contribution in [0.1, 0.15) is 52.8 Å². The van der Waals surface area contributed by atoms with E-state index in [9.17, 15) is 9.18 Å². The van der Waals surface area contributed by atoms with Crippen LogP contribution in [0.4, 0.5) is 4.39 Å². The molecule has 4 rings (SSSR count). The van der Waals surface area contributed by atoms with Gasteiger partial charge in [-0.15, -0.1) is 0 Å². The molecule has 0 N–H and O–H groups in total. The summed E-state index contributed by atoms with van der Waals surface area (Å²) in [6.45, 7) is 10.2. The molecule has 2 aromatic carbocycles. The van der Waals surface area contributed by atoms with Gasteiger partial charge in [-0.3, -0.25) is 9.69 Å². The number of ether oxygens (including phenoxy) is 1. The van der Waals surface area contributed by atoms with Crippen molar-refractivity contribution in [2.75, 3.05) is 26.2 Å². The first-order valence-electron chi connectivity index (χ1n) is 11.5. The minimum absolute atomic E-state index is 0.0962. The summed E-state index contributed by atoms with van der Waals surface area (Å²) in [5.41, 5.74) is 3.37. The average molecular weight is 451 g/mol. The lowest BCUT2D eigenvalue weighted by molar-refractivity contribution is 0.0594. The highest BCUT2D eigenvalue weighted by Crippen LogP contribution is 2.28. The first-order chi connectivity index (χ1) is 15.9. The second-order valence-electron chi connectivity index (χ2n) is 8.95. The third-order valence-electron chi connectivity index (χ3n) is 6.01. The van der Waals surface area contributed by atoms with Crippen LogP contribution in [0.2, 0.25) is 0 Å². The zero-order chi connectivity index (χ0) is 23.4. The fourth-order valence-electron chi connectivity index (χ4n) is 4.08. The number of benzene rings is 2. The third kappa shape index (κ3) is 5.82. The van der Waals surface area contributed by atoms with E-state index in [1.807, 2.05) is 24.0 Å². The fraction of sp³-hybridized carbons (Fsp3) is 0.370. The number of amides is 1. The van der Waals surface area contributed by atoms with Gasteiger partial charge in [0.1, 0.15) is 23.9 Å². The average Bonchev–Trinajstić information content (AvgIpc) is 3.28. The Morgan fingerprint density at radius 3 is 2.45 bits per heavy atom. The van der Waals surface area contributed by atoms with E-state index >= 15 is 0 Å². The second-order valence-corrected chi connectivity index (χ2v) is 8.95. The number of halogens is 1. The Hall–Kier alpha value is -3.12. The lowest BCUT2D eigenvalue weighted by Crippen LogP contribution is -2.48. The molecule has 1 aromatic heterocycles. The van der Waals surface area contributed by atoms with Gasteiger partial charge in [0.2, 0.25) is 0 Å². The number of carbonyl (C=O) groups excluding carboxylic acids is 1. The molecule has 0 spiro atoms. The lowest BCUT2D eigenvalue weighted by atomic mass is 10.0. The first kappa shape index (κ1) is 23.1. The van der Waals surface area contributed by atoms with Gasteiger partial charge in [0.05, 0.1) is 0 Å². The summed E-state index contributed by atoms with van der Waals surface area (Å²) >= 11 is 0. The Labute approximate surface area is 194 Å². The van der Waals surface area contributed by atoms with Gasteiger partial charge >= 0.3 is 0 Å². The zero-order valence-electron chi connectivity index (χ0n) is 19.5. The van der Waals surface area contributed by atoms with Gasteiger partial charge in [0.25, 0.3) is 5.91 Å². The maximum absolute atomic E-state index is 13.1. The third-order valence-corrected chi connectivity index (χ3v) is 6.01. The number of hydrogen-bond donors (Lipinski definition) is 0. The Morgan fingerprint density at radius 1 is 1.03 bits per heavy atom. The van der Waals surface area contributed by atoms with Crippen molar-refractivity contribution in [2.24, 2.45) is 0 Å².